The topological polar surface area (TPSA) is 12.0 Å². The molecule has 1 nitrogen and oxygen atoms in total. The van der Waals surface area contributed by atoms with Crippen molar-refractivity contribution in [2.45, 2.75) is 46.1 Å². The Hall–Kier alpha value is -1.28. The summed E-state index contributed by atoms with van der Waals surface area (Å²) in [4.78, 5) is 0. The first-order valence-electron chi connectivity index (χ1n) is 6.96. The molecule has 0 bridgehead atoms. The average Bonchev–Trinajstić information content (AvgIpc) is 2.89. The summed E-state index contributed by atoms with van der Waals surface area (Å²) in [5.41, 5.74) is 5.46. The van der Waals surface area contributed by atoms with Crippen LogP contribution in [0.2, 0.25) is 0 Å². The van der Waals surface area contributed by atoms with Crippen LogP contribution in [0.15, 0.2) is 35.0 Å². The third kappa shape index (κ3) is 3.60. The number of rotatable bonds is 5. The van der Waals surface area contributed by atoms with Gasteiger partial charge in [-0.1, -0.05) is 39.8 Å². The van der Waals surface area contributed by atoms with Gasteiger partial charge in [0.1, 0.15) is 0 Å². The van der Waals surface area contributed by atoms with Crippen molar-refractivity contribution < 1.29 is 0 Å². The lowest BCUT2D eigenvalue weighted by atomic mass is 9.94. The van der Waals surface area contributed by atoms with Crippen molar-refractivity contribution in [3.63, 3.8) is 0 Å². The van der Waals surface area contributed by atoms with Gasteiger partial charge in [-0.2, -0.15) is 11.3 Å². The van der Waals surface area contributed by atoms with E-state index in [1.807, 2.05) is 0 Å². The molecule has 102 valence electrons. The fourth-order valence-corrected chi connectivity index (χ4v) is 2.84. The summed E-state index contributed by atoms with van der Waals surface area (Å²) in [6.07, 6.45) is 0. The second-order valence-corrected chi connectivity index (χ2v) is 6.42. The van der Waals surface area contributed by atoms with E-state index in [4.69, 9.17) is 0 Å². The van der Waals surface area contributed by atoms with E-state index in [-0.39, 0.29) is 0 Å². The first kappa shape index (κ1) is 14.1. The fourth-order valence-electron chi connectivity index (χ4n) is 2.17. The van der Waals surface area contributed by atoms with Gasteiger partial charge in [-0.25, -0.2) is 0 Å². The van der Waals surface area contributed by atoms with Crippen LogP contribution in [-0.2, 0) is 6.54 Å². The second-order valence-electron chi connectivity index (χ2n) is 5.64. The van der Waals surface area contributed by atoms with Gasteiger partial charge in [-0.15, -0.1) is 0 Å². The van der Waals surface area contributed by atoms with Crippen LogP contribution in [0.1, 0.15) is 56.2 Å². The molecule has 0 saturated heterocycles. The maximum atomic E-state index is 3.57. The van der Waals surface area contributed by atoms with E-state index in [2.05, 4.69) is 68.0 Å². The molecule has 1 N–H and O–H groups in total. The molecule has 1 aromatic carbocycles. The van der Waals surface area contributed by atoms with Crippen LogP contribution in [0.4, 0.5) is 5.69 Å². The highest BCUT2D eigenvalue weighted by Crippen LogP contribution is 2.28. The maximum Gasteiger partial charge on any atom is 0.0409 e. The molecule has 0 amide bonds. The summed E-state index contributed by atoms with van der Waals surface area (Å²) >= 11 is 1.75. The lowest BCUT2D eigenvalue weighted by Crippen LogP contribution is -2.04. The lowest BCUT2D eigenvalue weighted by molar-refractivity contribution is 0.833. The quantitative estimate of drug-likeness (QED) is 0.747. The Morgan fingerprint density at radius 3 is 2.42 bits per heavy atom. The molecule has 0 unspecified atom stereocenters. The highest BCUT2D eigenvalue weighted by molar-refractivity contribution is 7.07. The maximum absolute atomic E-state index is 3.57. The molecule has 1 aromatic heterocycles. The molecule has 0 aliphatic carbocycles. The summed E-state index contributed by atoms with van der Waals surface area (Å²) < 4.78 is 0. The third-order valence-electron chi connectivity index (χ3n) is 3.43. The fraction of sp³-hybridized carbons (Fsp3) is 0.412. The number of anilines is 1. The van der Waals surface area contributed by atoms with Gasteiger partial charge >= 0.3 is 0 Å². The zero-order valence-electron chi connectivity index (χ0n) is 12.2. The Morgan fingerprint density at radius 2 is 1.84 bits per heavy atom. The Balaban J connectivity index is 2.19. The Bertz CT molecular complexity index is 512. The molecule has 0 saturated carbocycles. The minimum Gasteiger partial charge on any atom is -0.381 e. The van der Waals surface area contributed by atoms with E-state index < -0.39 is 0 Å². The van der Waals surface area contributed by atoms with Crippen molar-refractivity contribution in [3.8, 4) is 0 Å². The molecule has 2 heteroatoms. The SMILES string of the molecule is CC(C)c1ccc(NCc2ccsc2)c(C(C)C)c1. The van der Waals surface area contributed by atoms with E-state index in [0.717, 1.165) is 6.54 Å². The van der Waals surface area contributed by atoms with Crippen molar-refractivity contribution >= 4 is 17.0 Å². The molecule has 0 fully saturated rings. The van der Waals surface area contributed by atoms with Gasteiger partial charge in [0, 0.05) is 12.2 Å². The van der Waals surface area contributed by atoms with Crippen LogP contribution in [0.5, 0.6) is 0 Å². The van der Waals surface area contributed by atoms with Crippen molar-refractivity contribution in [2.24, 2.45) is 0 Å². The normalized spacial score (nSPS) is 11.3. The van der Waals surface area contributed by atoms with Crippen molar-refractivity contribution in [3.05, 3.63) is 51.7 Å². The molecule has 19 heavy (non-hydrogen) atoms. The predicted molar refractivity (Wildman–Crippen MR) is 86.3 cm³/mol. The van der Waals surface area contributed by atoms with Crippen molar-refractivity contribution in [2.75, 3.05) is 5.32 Å². The van der Waals surface area contributed by atoms with Gasteiger partial charge < -0.3 is 5.32 Å². The molecule has 1 heterocycles. The van der Waals surface area contributed by atoms with Crippen LogP contribution in [-0.4, -0.2) is 0 Å². The van der Waals surface area contributed by atoms with Gasteiger partial charge in [0.25, 0.3) is 0 Å². The van der Waals surface area contributed by atoms with E-state index in [9.17, 15) is 0 Å². The highest BCUT2D eigenvalue weighted by Gasteiger charge is 2.09. The number of hydrogen-bond donors (Lipinski definition) is 1. The first-order valence-corrected chi connectivity index (χ1v) is 7.91. The standard InChI is InChI=1S/C17H23NS/c1-12(2)15-5-6-17(16(9-15)13(3)4)18-10-14-7-8-19-11-14/h5-9,11-13,18H,10H2,1-4H3. The van der Waals surface area contributed by atoms with Crippen LogP contribution >= 0.6 is 11.3 Å². The Labute approximate surface area is 120 Å². The highest BCUT2D eigenvalue weighted by atomic mass is 32.1. The number of benzene rings is 1. The Kier molecular flexibility index (Phi) is 4.65. The number of hydrogen-bond acceptors (Lipinski definition) is 2. The van der Waals surface area contributed by atoms with Crippen LogP contribution < -0.4 is 5.32 Å². The Morgan fingerprint density at radius 1 is 1.05 bits per heavy atom. The molecule has 0 spiro atoms. The van der Waals surface area contributed by atoms with Gasteiger partial charge in [-0.05, 0) is 51.4 Å². The molecule has 2 aromatic rings. The van der Waals surface area contributed by atoms with Crippen LogP contribution in [0.3, 0.4) is 0 Å². The summed E-state index contributed by atoms with van der Waals surface area (Å²) in [6.45, 7) is 9.92. The van der Waals surface area contributed by atoms with Gasteiger partial charge in [0.15, 0.2) is 0 Å². The monoisotopic (exact) mass is 273 g/mol. The number of nitrogens with one attached hydrogen (secondary N) is 1. The summed E-state index contributed by atoms with van der Waals surface area (Å²) in [5, 5.41) is 7.90. The zero-order valence-corrected chi connectivity index (χ0v) is 13.1. The lowest BCUT2D eigenvalue weighted by Gasteiger charge is -2.17. The molecule has 0 aliphatic rings. The smallest absolute Gasteiger partial charge is 0.0409 e. The van der Waals surface area contributed by atoms with Crippen LogP contribution in [0.25, 0.3) is 0 Å². The summed E-state index contributed by atoms with van der Waals surface area (Å²) in [5.74, 6) is 1.13. The minimum atomic E-state index is 0.545. The van der Waals surface area contributed by atoms with Gasteiger partial charge in [-0.3, -0.25) is 0 Å². The van der Waals surface area contributed by atoms with Crippen molar-refractivity contribution in [1.29, 1.82) is 0 Å². The predicted octanol–water partition coefficient (Wildman–Crippen LogP) is 5.61. The van der Waals surface area contributed by atoms with Gasteiger partial charge in [0.05, 0.1) is 0 Å². The van der Waals surface area contributed by atoms with E-state index in [1.54, 1.807) is 11.3 Å². The number of thiophene rings is 1. The molecular weight excluding hydrogens is 250 g/mol. The first-order chi connectivity index (χ1) is 9.08. The zero-order chi connectivity index (χ0) is 13.8. The summed E-state index contributed by atoms with van der Waals surface area (Å²) in [6, 6.07) is 9.00. The average molecular weight is 273 g/mol. The van der Waals surface area contributed by atoms with E-state index >= 15 is 0 Å². The molecule has 0 atom stereocenters. The van der Waals surface area contributed by atoms with Crippen LogP contribution in [0, 0.1) is 0 Å². The largest absolute Gasteiger partial charge is 0.381 e. The van der Waals surface area contributed by atoms with Crippen molar-refractivity contribution in [1.82, 2.24) is 0 Å². The third-order valence-corrected chi connectivity index (χ3v) is 4.16. The molecule has 2 rings (SSSR count). The minimum absolute atomic E-state index is 0.545. The summed E-state index contributed by atoms with van der Waals surface area (Å²) in [7, 11) is 0. The van der Waals surface area contributed by atoms with Gasteiger partial charge in [0.2, 0.25) is 0 Å². The van der Waals surface area contributed by atoms with E-state index in [1.165, 1.54) is 22.4 Å². The molecular formula is C17H23NS. The second kappa shape index (κ2) is 6.25. The van der Waals surface area contributed by atoms with E-state index in [0.29, 0.717) is 11.8 Å². The molecule has 0 radical (unpaired) electrons. The molecule has 0 aliphatic heterocycles.